The van der Waals surface area contributed by atoms with Gasteiger partial charge in [-0.3, -0.25) is 14.4 Å². The standard InChI is InChI=1S/C36H38ClN5O4/c37-29-15-13-25(14-16-29)22-31-33(43)40-19-7-11-26-8-3-4-12-32(26)46-21-20-39-30(23-27-9-1-2-10-28(27)24-38)34(44)42-36(35(45)41-31)17-5-6-18-36/h1-4,7-16,30-31,39H,5-6,17-23H2,(H,40,43)(H,41,45)(H,42,44)/b11-7-/t30-,31-/m0/s1. The van der Waals surface area contributed by atoms with Crippen LogP contribution in [0.15, 0.2) is 78.9 Å². The Bertz CT molecular complexity index is 1610. The molecule has 1 saturated carbocycles. The number of rotatable bonds is 4. The zero-order valence-electron chi connectivity index (χ0n) is 25.6. The zero-order chi connectivity index (χ0) is 32.4. The summed E-state index contributed by atoms with van der Waals surface area (Å²) in [6.07, 6.45) is 6.62. The smallest absolute Gasteiger partial charge is 0.246 e. The van der Waals surface area contributed by atoms with Crippen LogP contribution in [0.5, 0.6) is 5.75 Å². The van der Waals surface area contributed by atoms with Crippen LogP contribution in [-0.4, -0.2) is 55.0 Å². The minimum atomic E-state index is -1.18. The van der Waals surface area contributed by atoms with E-state index in [-0.39, 0.29) is 37.8 Å². The first-order valence-electron chi connectivity index (χ1n) is 15.6. The van der Waals surface area contributed by atoms with E-state index in [1.54, 1.807) is 24.3 Å². The molecule has 1 fully saturated rings. The van der Waals surface area contributed by atoms with Gasteiger partial charge in [-0.15, -0.1) is 0 Å². The van der Waals surface area contributed by atoms with Gasteiger partial charge in [0.2, 0.25) is 17.7 Å². The molecule has 238 valence electrons. The minimum Gasteiger partial charge on any atom is -0.492 e. The number of carbonyl (C=O) groups excluding carboxylic acids is 3. The van der Waals surface area contributed by atoms with Gasteiger partial charge in [0.25, 0.3) is 0 Å². The molecule has 1 aliphatic heterocycles. The van der Waals surface area contributed by atoms with Crippen molar-refractivity contribution in [2.75, 3.05) is 19.7 Å². The van der Waals surface area contributed by atoms with Gasteiger partial charge in [0.1, 0.15) is 23.9 Å². The summed E-state index contributed by atoms with van der Waals surface area (Å²) >= 11 is 6.09. The summed E-state index contributed by atoms with van der Waals surface area (Å²) in [6, 6.07) is 22.5. The Balaban J connectivity index is 1.46. The number of ether oxygens (including phenoxy) is 1. The molecule has 1 spiro atoms. The second-order valence-corrected chi connectivity index (χ2v) is 12.1. The molecule has 1 aliphatic carbocycles. The van der Waals surface area contributed by atoms with E-state index in [9.17, 15) is 19.6 Å². The number of benzene rings is 3. The van der Waals surface area contributed by atoms with E-state index in [0.717, 1.165) is 29.5 Å². The predicted molar refractivity (Wildman–Crippen MR) is 177 cm³/mol. The van der Waals surface area contributed by atoms with Crippen molar-refractivity contribution in [3.8, 4) is 11.8 Å². The van der Waals surface area contributed by atoms with Crippen LogP contribution in [0, 0.1) is 11.3 Å². The fourth-order valence-electron chi connectivity index (χ4n) is 5.97. The second-order valence-electron chi connectivity index (χ2n) is 11.6. The van der Waals surface area contributed by atoms with E-state index in [1.807, 2.05) is 60.7 Å². The van der Waals surface area contributed by atoms with Crippen LogP contribution >= 0.6 is 11.6 Å². The van der Waals surface area contributed by atoms with Crippen LogP contribution < -0.4 is 26.0 Å². The largest absolute Gasteiger partial charge is 0.492 e. The lowest BCUT2D eigenvalue weighted by Gasteiger charge is -2.33. The summed E-state index contributed by atoms with van der Waals surface area (Å²) in [4.78, 5) is 41.6. The fraction of sp³-hybridized carbons (Fsp3) is 0.333. The van der Waals surface area contributed by atoms with E-state index < -0.39 is 23.5 Å². The Morgan fingerprint density at radius 1 is 0.891 bits per heavy atom. The number of carbonyl (C=O) groups is 3. The quantitative estimate of drug-likeness (QED) is 0.340. The van der Waals surface area contributed by atoms with Crippen LogP contribution in [0.2, 0.25) is 5.02 Å². The summed E-state index contributed by atoms with van der Waals surface area (Å²) in [5.74, 6) is -0.419. The van der Waals surface area contributed by atoms with Gasteiger partial charge in [0.15, 0.2) is 0 Å². The van der Waals surface area contributed by atoms with Gasteiger partial charge < -0.3 is 26.0 Å². The maximum Gasteiger partial charge on any atom is 0.246 e. The van der Waals surface area contributed by atoms with Gasteiger partial charge >= 0.3 is 0 Å². The molecule has 4 N–H and O–H groups in total. The fourth-order valence-corrected chi connectivity index (χ4v) is 6.10. The number of para-hydroxylation sites is 1. The van der Waals surface area contributed by atoms with Crippen LogP contribution in [0.3, 0.4) is 0 Å². The first kappa shape index (κ1) is 32.7. The molecule has 9 nitrogen and oxygen atoms in total. The minimum absolute atomic E-state index is 0.244. The lowest BCUT2D eigenvalue weighted by molar-refractivity contribution is -0.136. The maximum atomic E-state index is 14.1. The molecule has 0 unspecified atom stereocenters. The lowest BCUT2D eigenvalue weighted by Crippen LogP contribution is -2.63. The Morgan fingerprint density at radius 3 is 2.41 bits per heavy atom. The van der Waals surface area contributed by atoms with Crippen LogP contribution in [0.4, 0.5) is 0 Å². The summed E-state index contributed by atoms with van der Waals surface area (Å²) in [5.41, 5.74) is 1.70. The molecule has 0 bridgehead atoms. The number of nitriles is 1. The normalized spacial score (nSPS) is 21.3. The lowest BCUT2D eigenvalue weighted by atomic mass is 9.93. The number of hydrogen-bond donors (Lipinski definition) is 4. The van der Waals surface area contributed by atoms with Crippen molar-refractivity contribution >= 4 is 35.4 Å². The van der Waals surface area contributed by atoms with Crippen molar-refractivity contribution in [1.29, 1.82) is 5.26 Å². The second kappa shape index (κ2) is 15.6. The molecule has 2 atom stereocenters. The van der Waals surface area contributed by atoms with Gasteiger partial charge in [0.05, 0.1) is 17.7 Å². The molecule has 3 aromatic rings. The Hall–Kier alpha value is -4.65. The monoisotopic (exact) mass is 639 g/mol. The Labute approximate surface area is 274 Å². The van der Waals surface area contributed by atoms with Gasteiger partial charge in [-0.2, -0.15) is 5.26 Å². The number of hydrogen-bond acceptors (Lipinski definition) is 6. The summed E-state index contributed by atoms with van der Waals surface area (Å²) in [5, 5.41) is 22.5. The molecule has 0 radical (unpaired) electrons. The summed E-state index contributed by atoms with van der Waals surface area (Å²) in [7, 11) is 0. The first-order valence-corrected chi connectivity index (χ1v) is 16.0. The predicted octanol–water partition coefficient (Wildman–Crippen LogP) is 4.09. The average molecular weight is 640 g/mol. The highest BCUT2D eigenvalue weighted by atomic mass is 35.5. The van der Waals surface area contributed by atoms with Crippen molar-refractivity contribution in [3.05, 3.63) is 106 Å². The van der Waals surface area contributed by atoms with Crippen LogP contribution in [0.1, 0.15) is 47.9 Å². The highest BCUT2D eigenvalue weighted by Crippen LogP contribution is 2.31. The van der Waals surface area contributed by atoms with E-state index in [0.29, 0.717) is 35.7 Å². The molecule has 0 aromatic heterocycles. The SMILES string of the molecule is N#Cc1ccccc1C[C@@H]1NCCOc2ccccc2/C=C\CNC(=O)[C@H](Cc2ccc(Cl)cc2)NC(=O)C2(CCCC2)NC1=O. The third-order valence-corrected chi connectivity index (χ3v) is 8.72. The van der Waals surface area contributed by atoms with E-state index in [4.69, 9.17) is 16.3 Å². The van der Waals surface area contributed by atoms with Crippen molar-refractivity contribution in [1.82, 2.24) is 21.3 Å². The molecule has 46 heavy (non-hydrogen) atoms. The first-order chi connectivity index (χ1) is 22.4. The number of amides is 3. The molecule has 0 saturated heterocycles. The van der Waals surface area contributed by atoms with Crippen LogP contribution in [-0.2, 0) is 27.2 Å². The molecule has 1 heterocycles. The topological polar surface area (TPSA) is 132 Å². The molecule has 10 heteroatoms. The van der Waals surface area contributed by atoms with Crippen molar-refractivity contribution in [3.63, 3.8) is 0 Å². The molecule has 3 aromatic carbocycles. The highest BCUT2D eigenvalue weighted by molar-refractivity contribution is 6.30. The highest BCUT2D eigenvalue weighted by Gasteiger charge is 2.44. The van der Waals surface area contributed by atoms with E-state index in [2.05, 4.69) is 27.3 Å². The number of nitrogens with one attached hydrogen (secondary N) is 4. The molecular formula is C36H38ClN5O4. The Morgan fingerprint density at radius 2 is 1.63 bits per heavy atom. The molecule has 5 rings (SSSR count). The number of halogens is 1. The van der Waals surface area contributed by atoms with Gasteiger partial charge in [-0.1, -0.05) is 85.1 Å². The van der Waals surface area contributed by atoms with Gasteiger partial charge in [-0.25, -0.2) is 0 Å². The average Bonchev–Trinajstić information content (AvgIpc) is 3.55. The molecular weight excluding hydrogens is 602 g/mol. The third kappa shape index (κ3) is 8.33. The van der Waals surface area contributed by atoms with Crippen molar-refractivity contribution < 1.29 is 19.1 Å². The third-order valence-electron chi connectivity index (χ3n) is 8.47. The van der Waals surface area contributed by atoms with Gasteiger partial charge in [-0.05, 0) is 54.7 Å². The van der Waals surface area contributed by atoms with Crippen molar-refractivity contribution in [2.24, 2.45) is 0 Å². The Kier molecular flexibility index (Phi) is 11.1. The molecule has 2 aliphatic rings. The summed E-state index contributed by atoms with van der Waals surface area (Å²) < 4.78 is 6.08. The molecule has 3 amide bonds. The number of fused-ring (bicyclic) bond motifs is 1. The van der Waals surface area contributed by atoms with Gasteiger partial charge in [0, 0.05) is 30.1 Å². The van der Waals surface area contributed by atoms with E-state index >= 15 is 0 Å². The zero-order valence-corrected chi connectivity index (χ0v) is 26.3. The van der Waals surface area contributed by atoms with E-state index in [1.165, 1.54) is 0 Å². The summed E-state index contributed by atoms with van der Waals surface area (Å²) in [6.45, 7) is 0.877. The van der Waals surface area contributed by atoms with Crippen LogP contribution in [0.25, 0.3) is 6.08 Å². The van der Waals surface area contributed by atoms with Crippen molar-refractivity contribution in [2.45, 2.75) is 56.1 Å². The maximum absolute atomic E-state index is 14.1. The number of nitrogens with zero attached hydrogens (tertiary/aromatic N) is 1.